The van der Waals surface area contributed by atoms with Crippen LogP contribution in [0.5, 0.6) is 5.75 Å². The van der Waals surface area contributed by atoms with E-state index in [1.165, 1.54) is 5.56 Å². The summed E-state index contributed by atoms with van der Waals surface area (Å²) in [6, 6.07) is 6.53. The maximum atomic E-state index is 9.93. The highest BCUT2D eigenvalue weighted by atomic mass is 16.5. The summed E-state index contributed by atoms with van der Waals surface area (Å²) >= 11 is 0. The summed E-state index contributed by atoms with van der Waals surface area (Å²) in [6.07, 6.45) is 1.95. The second-order valence-corrected chi connectivity index (χ2v) is 5.67. The normalized spacial score (nSPS) is 23.2. The van der Waals surface area contributed by atoms with Crippen LogP contribution >= 0.6 is 0 Å². The fourth-order valence-corrected chi connectivity index (χ4v) is 2.43. The highest BCUT2D eigenvalue weighted by Crippen LogP contribution is 2.22. The molecule has 1 aromatic rings. The van der Waals surface area contributed by atoms with Gasteiger partial charge in [-0.05, 0) is 38.3 Å². The molecule has 1 aliphatic carbocycles. The molecule has 1 unspecified atom stereocenters. The molecule has 0 spiro atoms. The van der Waals surface area contributed by atoms with E-state index in [0.29, 0.717) is 25.3 Å². The summed E-state index contributed by atoms with van der Waals surface area (Å²) in [4.78, 5) is 0. The number of aliphatic hydroxyl groups excluding tert-OH is 1. The summed E-state index contributed by atoms with van der Waals surface area (Å²) in [6.45, 7) is 4.96. The Bertz CT molecular complexity index is 430. The van der Waals surface area contributed by atoms with Gasteiger partial charge < -0.3 is 19.9 Å². The van der Waals surface area contributed by atoms with E-state index in [-0.39, 0.29) is 0 Å². The molecule has 0 amide bonds. The van der Waals surface area contributed by atoms with Crippen molar-refractivity contribution in [2.45, 2.75) is 44.9 Å². The fraction of sp³-hybridized carbons (Fsp3) is 0.625. The fourth-order valence-electron chi connectivity index (χ4n) is 2.43. The average molecular weight is 279 g/mol. The first-order chi connectivity index (χ1) is 9.58. The zero-order chi connectivity index (χ0) is 14.5. The van der Waals surface area contributed by atoms with Crippen LogP contribution in [0.1, 0.15) is 24.0 Å². The van der Waals surface area contributed by atoms with E-state index in [0.717, 1.165) is 24.2 Å². The van der Waals surface area contributed by atoms with Crippen molar-refractivity contribution in [3.63, 3.8) is 0 Å². The first kappa shape index (κ1) is 15.3. The van der Waals surface area contributed by atoms with Crippen LogP contribution in [0.4, 0.5) is 0 Å². The molecular formula is C16H25NO3. The molecule has 0 radical (unpaired) electrons. The van der Waals surface area contributed by atoms with E-state index in [4.69, 9.17) is 9.47 Å². The van der Waals surface area contributed by atoms with E-state index < -0.39 is 6.10 Å². The van der Waals surface area contributed by atoms with Crippen LogP contribution in [-0.4, -0.2) is 43.6 Å². The van der Waals surface area contributed by atoms with Crippen LogP contribution in [0.25, 0.3) is 0 Å². The molecular weight excluding hydrogens is 254 g/mol. The molecule has 0 aliphatic heterocycles. The van der Waals surface area contributed by atoms with Crippen molar-refractivity contribution < 1.29 is 14.6 Å². The van der Waals surface area contributed by atoms with Gasteiger partial charge in [-0.3, -0.25) is 0 Å². The van der Waals surface area contributed by atoms with Gasteiger partial charge in [0.25, 0.3) is 0 Å². The smallest absolute Gasteiger partial charge is 0.122 e. The number of nitrogens with one attached hydrogen (secondary N) is 1. The van der Waals surface area contributed by atoms with Crippen molar-refractivity contribution in [1.29, 1.82) is 0 Å². The van der Waals surface area contributed by atoms with Gasteiger partial charge in [0, 0.05) is 19.7 Å². The summed E-state index contributed by atoms with van der Waals surface area (Å²) in [5.41, 5.74) is 2.32. The second-order valence-electron chi connectivity index (χ2n) is 5.67. The van der Waals surface area contributed by atoms with Crippen molar-refractivity contribution in [3.05, 3.63) is 29.3 Å². The Hall–Kier alpha value is -1.10. The zero-order valence-corrected chi connectivity index (χ0v) is 12.6. The van der Waals surface area contributed by atoms with Crippen molar-refractivity contribution in [2.75, 3.05) is 20.3 Å². The Balaban J connectivity index is 1.66. The molecule has 4 heteroatoms. The molecule has 4 nitrogen and oxygen atoms in total. The highest BCUT2D eigenvalue weighted by molar-refractivity contribution is 5.35. The van der Waals surface area contributed by atoms with Gasteiger partial charge in [-0.25, -0.2) is 0 Å². The number of aryl methyl sites for hydroxylation is 2. The van der Waals surface area contributed by atoms with Crippen molar-refractivity contribution in [3.8, 4) is 5.75 Å². The molecule has 0 bridgehead atoms. The van der Waals surface area contributed by atoms with Gasteiger partial charge in [0.05, 0.1) is 6.10 Å². The van der Waals surface area contributed by atoms with Crippen molar-refractivity contribution in [2.24, 2.45) is 0 Å². The maximum Gasteiger partial charge on any atom is 0.122 e. The van der Waals surface area contributed by atoms with E-state index >= 15 is 0 Å². The molecule has 0 aromatic heterocycles. The van der Waals surface area contributed by atoms with Crippen LogP contribution in [0.3, 0.4) is 0 Å². The number of aliphatic hydroxyl groups is 1. The number of methoxy groups -OCH3 is 1. The number of rotatable bonds is 7. The Morgan fingerprint density at radius 1 is 1.35 bits per heavy atom. The molecule has 1 fully saturated rings. The Morgan fingerprint density at radius 2 is 2.10 bits per heavy atom. The third-order valence-electron chi connectivity index (χ3n) is 3.83. The van der Waals surface area contributed by atoms with Crippen molar-refractivity contribution >= 4 is 0 Å². The quantitative estimate of drug-likeness (QED) is 0.799. The van der Waals surface area contributed by atoms with Gasteiger partial charge in [0.2, 0.25) is 0 Å². The van der Waals surface area contributed by atoms with E-state index in [2.05, 4.69) is 18.3 Å². The molecule has 0 heterocycles. The van der Waals surface area contributed by atoms with E-state index in [1.807, 2.05) is 19.1 Å². The molecule has 1 aromatic carbocycles. The monoisotopic (exact) mass is 279 g/mol. The van der Waals surface area contributed by atoms with Crippen LogP contribution < -0.4 is 10.1 Å². The number of hydrogen-bond acceptors (Lipinski definition) is 4. The molecule has 20 heavy (non-hydrogen) atoms. The lowest BCUT2D eigenvalue weighted by Crippen LogP contribution is -2.48. The molecule has 112 valence electrons. The zero-order valence-electron chi connectivity index (χ0n) is 12.6. The minimum Gasteiger partial charge on any atom is -0.491 e. The topological polar surface area (TPSA) is 50.7 Å². The third kappa shape index (κ3) is 4.20. The van der Waals surface area contributed by atoms with E-state index in [9.17, 15) is 5.11 Å². The van der Waals surface area contributed by atoms with Crippen molar-refractivity contribution in [1.82, 2.24) is 5.32 Å². The average Bonchev–Trinajstić information content (AvgIpc) is 2.36. The summed E-state index contributed by atoms with van der Waals surface area (Å²) in [5, 5.41) is 13.3. The molecule has 2 N–H and O–H groups in total. The second kappa shape index (κ2) is 7.07. The largest absolute Gasteiger partial charge is 0.491 e. The van der Waals surface area contributed by atoms with E-state index in [1.54, 1.807) is 7.11 Å². The molecule has 1 saturated carbocycles. The van der Waals surface area contributed by atoms with Crippen LogP contribution in [-0.2, 0) is 4.74 Å². The number of benzene rings is 1. The Morgan fingerprint density at radius 3 is 2.75 bits per heavy atom. The first-order valence-corrected chi connectivity index (χ1v) is 7.22. The minimum atomic E-state index is -0.489. The van der Waals surface area contributed by atoms with Gasteiger partial charge in [-0.15, -0.1) is 0 Å². The third-order valence-corrected chi connectivity index (χ3v) is 3.83. The lowest BCUT2D eigenvalue weighted by Gasteiger charge is -2.35. The SMILES string of the molecule is COC1CC(NCC(O)COc2ccc(C)cc2C)C1. The lowest BCUT2D eigenvalue weighted by molar-refractivity contribution is 0.0117. The first-order valence-electron chi connectivity index (χ1n) is 7.22. The minimum absolute atomic E-state index is 0.317. The van der Waals surface area contributed by atoms with Crippen LogP contribution in [0, 0.1) is 13.8 Å². The Labute approximate surface area is 121 Å². The van der Waals surface area contributed by atoms with Gasteiger partial charge >= 0.3 is 0 Å². The predicted molar refractivity (Wildman–Crippen MR) is 79.2 cm³/mol. The molecule has 0 saturated heterocycles. The Kier molecular flexibility index (Phi) is 5.40. The number of hydrogen-bond donors (Lipinski definition) is 2. The standard InChI is InChI=1S/C16H25NO3/c1-11-4-5-16(12(2)6-11)20-10-14(18)9-17-13-7-15(8-13)19-3/h4-6,13-15,17-18H,7-10H2,1-3H3. The van der Waals surface area contributed by atoms with Gasteiger partial charge in [0.15, 0.2) is 0 Å². The predicted octanol–water partition coefficient (Wildman–Crippen LogP) is 1.81. The van der Waals surface area contributed by atoms with Gasteiger partial charge in [-0.1, -0.05) is 17.7 Å². The van der Waals surface area contributed by atoms with Gasteiger partial charge in [0.1, 0.15) is 18.5 Å². The van der Waals surface area contributed by atoms with Crippen LogP contribution in [0.15, 0.2) is 18.2 Å². The summed E-state index contributed by atoms with van der Waals surface area (Å²) in [5.74, 6) is 0.845. The molecule has 1 atom stereocenters. The van der Waals surface area contributed by atoms with Gasteiger partial charge in [-0.2, -0.15) is 0 Å². The van der Waals surface area contributed by atoms with Crippen LogP contribution in [0.2, 0.25) is 0 Å². The summed E-state index contributed by atoms with van der Waals surface area (Å²) < 4.78 is 10.9. The molecule has 1 aliphatic rings. The molecule has 2 rings (SSSR count). The highest BCUT2D eigenvalue weighted by Gasteiger charge is 2.28. The maximum absolute atomic E-state index is 9.93. The summed E-state index contributed by atoms with van der Waals surface area (Å²) in [7, 11) is 1.74. The lowest BCUT2D eigenvalue weighted by atomic mass is 9.89. The number of ether oxygens (including phenoxy) is 2.